The van der Waals surface area contributed by atoms with Crippen LogP contribution in [0.15, 0.2) is 0 Å². The topological polar surface area (TPSA) is 157 Å². The molecule has 1 unspecified atom stereocenters. The number of nitrogens with zero attached hydrogens (tertiary/aromatic N) is 5. The van der Waals surface area contributed by atoms with Crippen LogP contribution in [0.3, 0.4) is 0 Å². The van der Waals surface area contributed by atoms with Gasteiger partial charge in [-0.25, -0.2) is 0 Å². The molecule has 11 heteroatoms. The lowest BCUT2D eigenvalue weighted by Gasteiger charge is -2.01. The molecule has 1 aromatic rings. The zero-order valence-electron chi connectivity index (χ0n) is 7.76. The van der Waals surface area contributed by atoms with Crippen molar-refractivity contribution >= 4 is 11.9 Å². The van der Waals surface area contributed by atoms with E-state index in [0.717, 1.165) is 0 Å². The maximum atomic E-state index is 10.4. The fourth-order valence-corrected chi connectivity index (χ4v) is 0.914. The number of aliphatic hydroxyl groups excluding tert-OH is 2. The first-order chi connectivity index (χ1) is 7.45. The molecule has 1 rings (SSSR count). The first-order valence-corrected chi connectivity index (χ1v) is 3.98. The Bertz CT molecular complexity index is 415. The standard InChI is InChI=1S/C5H7N5O6/c11-2-3(12)1-8-5(10(15)16)6-4(7-8)9(13)14/h3,11-12H,1-2H2. The summed E-state index contributed by atoms with van der Waals surface area (Å²) in [6, 6.07) is 0. The minimum Gasteiger partial charge on any atom is -0.394 e. The largest absolute Gasteiger partial charge is 0.508 e. The van der Waals surface area contributed by atoms with E-state index in [9.17, 15) is 20.2 Å². The second-order valence-electron chi connectivity index (χ2n) is 2.74. The third kappa shape index (κ3) is 2.46. The molecular formula is C5H7N5O6. The van der Waals surface area contributed by atoms with E-state index in [1.165, 1.54) is 0 Å². The van der Waals surface area contributed by atoms with Crippen molar-refractivity contribution in [3.8, 4) is 0 Å². The average molecular weight is 233 g/mol. The monoisotopic (exact) mass is 233 g/mol. The second kappa shape index (κ2) is 4.59. The van der Waals surface area contributed by atoms with Crippen LogP contribution < -0.4 is 0 Å². The van der Waals surface area contributed by atoms with Crippen LogP contribution in [-0.2, 0) is 6.54 Å². The summed E-state index contributed by atoms with van der Waals surface area (Å²) < 4.78 is 0.555. The molecule has 2 N–H and O–H groups in total. The summed E-state index contributed by atoms with van der Waals surface area (Å²) in [5.41, 5.74) is 0. The summed E-state index contributed by atoms with van der Waals surface area (Å²) in [5, 5.41) is 41.5. The Kier molecular flexibility index (Phi) is 3.42. The van der Waals surface area contributed by atoms with Crippen molar-refractivity contribution in [2.45, 2.75) is 12.6 Å². The first kappa shape index (κ1) is 11.9. The highest BCUT2D eigenvalue weighted by Gasteiger charge is 2.29. The molecule has 1 aromatic heterocycles. The van der Waals surface area contributed by atoms with Crippen molar-refractivity contribution in [3.05, 3.63) is 20.2 Å². The number of nitro groups is 2. The van der Waals surface area contributed by atoms with Gasteiger partial charge in [-0.1, -0.05) is 4.68 Å². The van der Waals surface area contributed by atoms with Gasteiger partial charge in [0, 0.05) is 4.98 Å². The SMILES string of the molecule is O=[N+]([O-])c1nc([N+](=O)[O-])n(CC(O)CO)n1. The van der Waals surface area contributed by atoms with Crippen molar-refractivity contribution < 1.29 is 20.1 Å². The fraction of sp³-hybridized carbons (Fsp3) is 0.600. The van der Waals surface area contributed by atoms with E-state index in [1.807, 2.05) is 0 Å². The van der Waals surface area contributed by atoms with Crippen molar-refractivity contribution in [1.82, 2.24) is 14.8 Å². The van der Waals surface area contributed by atoms with Crippen molar-refractivity contribution in [3.63, 3.8) is 0 Å². The normalized spacial score (nSPS) is 12.4. The van der Waals surface area contributed by atoms with Crippen molar-refractivity contribution in [2.24, 2.45) is 0 Å². The number of hydrogen-bond donors (Lipinski definition) is 2. The van der Waals surface area contributed by atoms with E-state index in [2.05, 4.69) is 10.1 Å². The Morgan fingerprint density at radius 2 is 2.00 bits per heavy atom. The van der Waals surface area contributed by atoms with Crippen LogP contribution in [0.25, 0.3) is 0 Å². The molecule has 0 amide bonds. The molecule has 0 saturated carbocycles. The fourth-order valence-electron chi connectivity index (χ4n) is 0.914. The third-order valence-corrected chi connectivity index (χ3v) is 1.56. The average Bonchev–Trinajstić information content (AvgIpc) is 2.61. The van der Waals surface area contributed by atoms with Crippen LogP contribution >= 0.6 is 0 Å². The lowest BCUT2D eigenvalue weighted by Crippen LogP contribution is -2.21. The lowest BCUT2D eigenvalue weighted by molar-refractivity contribution is -0.404. The molecule has 0 spiro atoms. The summed E-state index contributed by atoms with van der Waals surface area (Å²) >= 11 is 0. The number of rotatable bonds is 5. The van der Waals surface area contributed by atoms with Gasteiger partial charge >= 0.3 is 11.9 Å². The van der Waals surface area contributed by atoms with Crippen molar-refractivity contribution in [1.29, 1.82) is 0 Å². The highest BCUT2D eigenvalue weighted by atomic mass is 16.6. The Balaban J connectivity index is 3.05. The lowest BCUT2D eigenvalue weighted by atomic mass is 10.4. The molecule has 0 bridgehead atoms. The number of aromatic nitrogens is 3. The molecule has 1 atom stereocenters. The van der Waals surface area contributed by atoms with Gasteiger partial charge in [-0.2, -0.15) is 0 Å². The van der Waals surface area contributed by atoms with Crippen LogP contribution in [0.5, 0.6) is 0 Å². The molecular weight excluding hydrogens is 226 g/mol. The van der Waals surface area contributed by atoms with Gasteiger partial charge in [-0.15, -0.1) is 0 Å². The Morgan fingerprint density at radius 3 is 2.44 bits per heavy atom. The van der Waals surface area contributed by atoms with Crippen LogP contribution in [0.4, 0.5) is 11.9 Å². The van der Waals surface area contributed by atoms with Crippen LogP contribution in [0, 0.1) is 20.2 Å². The van der Waals surface area contributed by atoms with Crippen LogP contribution in [0.2, 0.25) is 0 Å². The van der Waals surface area contributed by atoms with Crippen molar-refractivity contribution in [2.75, 3.05) is 6.61 Å². The van der Waals surface area contributed by atoms with E-state index in [0.29, 0.717) is 4.68 Å². The van der Waals surface area contributed by atoms with Gasteiger partial charge in [0.2, 0.25) is 0 Å². The molecule has 88 valence electrons. The minimum absolute atomic E-state index is 0.451. The Morgan fingerprint density at radius 1 is 1.38 bits per heavy atom. The molecule has 0 aliphatic carbocycles. The molecule has 0 aliphatic rings. The van der Waals surface area contributed by atoms with Gasteiger partial charge in [0.25, 0.3) is 0 Å². The van der Waals surface area contributed by atoms with E-state index in [-0.39, 0.29) is 0 Å². The minimum atomic E-state index is -1.31. The van der Waals surface area contributed by atoms with Gasteiger partial charge in [0.1, 0.15) is 12.6 Å². The highest BCUT2D eigenvalue weighted by molar-refractivity contribution is 5.14. The summed E-state index contributed by atoms with van der Waals surface area (Å²) in [6.45, 7) is -1.10. The quantitative estimate of drug-likeness (QED) is 0.456. The predicted molar refractivity (Wildman–Crippen MR) is 46.4 cm³/mol. The Hall–Kier alpha value is -2.14. The molecule has 0 saturated heterocycles. The summed E-state index contributed by atoms with van der Waals surface area (Å²) in [6.07, 6.45) is -1.31. The second-order valence-corrected chi connectivity index (χ2v) is 2.74. The van der Waals surface area contributed by atoms with E-state index in [4.69, 9.17) is 10.2 Å². The van der Waals surface area contributed by atoms with Gasteiger partial charge in [0.05, 0.1) is 11.7 Å². The van der Waals surface area contributed by atoms with E-state index in [1.54, 1.807) is 0 Å². The summed E-state index contributed by atoms with van der Waals surface area (Å²) in [7, 11) is 0. The Labute approximate surface area is 87.2 Å². The van der Waals surface area contributed by atoms with Gasteiger partial charge < -0.3 is 30.4 Å². The smallest absolute Gasteiger partial charge is 0.394 e. The van der Waals surface area contributed by atoms with Gasteiger partial charge in [-0.05, 0) is 9.85 Å². The molecule has 1 heterocycles. The molecule has 0 aromatic carbocycles. The van der Waals surface area contributed by atoms with E-state index < -0.39 is 41.0 Å². The first-order valence-electron chi connectivity index (χ1n) is 3.98. The molecule has 0 radical (unpaired) electrons. The number of hydrogen-bond acceptors (Lipinski definition) is 8. The third-order valence-electron chi connectivity index (χ3n) is 1.56. The molecule has 16 heavy (non-hydrogen) atoms. The van der Waals surface area contributed by atoms with Crippen LogP contribution in [0.1, 0.15) is 0 Å². The summed E-state index contributed by atoms with van der Waals surface area (Å²) in [5.74, 6) is -1.80. The molecule has 0 fully saturated rings. The molecule has 0 aliphatic heterocycles. The predicted octanol–water partition coefficient (Wildman–Crippen LogP) is -1.55. The maximum Gasteiger partial charge on any atom is 0.508 e. The van der Waals surface area contributed by atoms with Gasteiger partial charge in [-0.3, -0.25) is 0 Å². The number of aliphatic hydroxyl groups is 2. The van der Waals surface area contributed by atoms with Gasteiger partial charge in [0.15, 0.2) is 0 Å². The summed E-state index contributed by atoms with van der Waals surface area (Å²) in [4.78, 5) is 21.8. The zero-order chi connectivity index (χ0) is 12.3. The molecule has 11 nitrogen and oxygen atoms in total. The maximum absolute atomic E-state index is 10.4. The van der Waals surface area contributed by atoms with Crippen LogP contribution in [-0.4, -0.2) is 47.5 Å². The van der Waals surface area contributed by atoms with E-state index >= 15 is 0 Å². The highest BCUT2D eigenvalue weighted by Crippen LogP contribution is 2.13. The zero-order valence-corrected chi connectivity index (χ0v) is 7.76.